The fourth-order valence-corrected chi connectivity index (χ4v) is 2.58. The molecule has 0 amide bonds. The summed E-state index contributed by atoms with van der Waals surface area (Å²) in [6, 6.07) is 3.80. The summed E-state index contributed by atoms with van der Waals surface area (Å²) < 4.78 is 8.13. The van der Waals surface area contributed by atoms with Gasteiger partial charge >= 0.3 is 5.97 Å². The van der Waals surface area contributed by atoms with Crippen molar-refractivity contribution in [3.8, 4) is 11.1 Å². The van der Waals surface area contributed by atoms with Crippen molar-refractivity contribution in [1.82, 2.24) is 19.4 Å². The van der Waals surface area contributed by atoms with Gasteiger partial charge < -0.3 is 9.84 Å². The molecule has 23 heavy (non-hydrogen) atoms. The van der Waals surface area contributed by atoms with Crippen LogP contribution in [0.25, 0.3) is 16.6 Å². The zero-order chi connectivity index (χ0) is 16.6. The lowest BCUT2D eigenvalue weighted by atomic mass is 10.1. The molecule has 3 heterocycles. The number of rotatable bonds is 4. The van der Waals surface area contributed by atoms with Gasteiger partial charge in [-0.15, -0.1) is 0 Å². The van der Waals surface area contributed by atoms with E-state index < -0.39 is 12.1 Å². The number of aliphatic hydroxyl groups is 1. The minimum Gasteiger partial charge on any atom is -0.465 e. The molecule has 120 valence electrons. The lowest BCUT2D eigenvalue weighted by Gasteiger charge is -2.03. The quantitative estimate of drug-likeness (QED) is 0.741. The molecule has 0 bridgehead atoms. The summed E-state index contributed by atoms with van der Waals surface area (Å²) in [5, 5.41) is 18.1. The predicted molar refractivity (Wildman–Crippen MR) is 84.2 cm³/mol. The van der Waals surface area contributed by atoms with Crippen LogP contribution in [0.15, 0.2) is 30.7 Å². The second kappa shape index (κ2) is 5.85. The van der Waals surface area contributed by atoms with Gasteiger partial charge in [-0.05, 0) is 31.5 Å². The van der Waals surface area contributed by atoms with Gasteiger partial charge in [0.2, 0.25) is 0 Å². The molecule has 7 nitrogen and oxygen atoms in total. The number of hydrogen-bond donors (Lipinski definition) is 1. The first kappa shape index (κ1) is 15.2. The van der Waals surface area contributed by atoms with Crippen LogP contribution in [-0.4, -0.2) is 43.7 Å². The Hall–Kier alpha value is -2.67. The van der Waals surface area contributed by atoms with E-state index in [-0.39, 0.29) is 0 Å². The molecule has 0 spiro atoms. The van der Waals surface area contributed by atoms with Crippen LogP contribution in [0.1, 0.15) is 23.0 Å². The number of carbonyl (C=O) groups excluding carboxylic acids is 1. The normalized spacial score (nSPS) is 12.5. The maximum absolute atomic E-state index is 11.8. The number of methoxy groups -OCH3 is 1. The minimum atomic E-state index is -0.467. The van der Waals surface area contributed by atoms with Crippen LogP contribution in [0.3, 0.4) is 0 Å². The average molecular weight is 314 g/mol. The lowest BCUT2D eigenvalue weighted by molar-refractivity contribution is 0.0603. The van der Waals surface area contributed by atoms with Gasteiger partial charge in [-0.2, -0.15) is 10.2 Å². The van der Waals surface area contributed by atoms with E-state index in [1.54, 1.807) is 22.3 Å². The smallest absolute Gasteiger partial charge is 0.341 e. The Labute approximate surface area is 133 Å². The number of esters is 1. The standard InChI is InChI=1S/C16H18N4O3/c1-10(21)8-19-9-14(11(2)18-19)12-4-5-20-15(6-12)13(7-17-20)16(22)23-3/h4-7,9-10,21H,8H2,1-3H3/t10-/m1/s1. The topological polar surface area (TPSA) is 81.6 Å². The van der Waals surface area contributed by atoms with Crippen molar-refractivity contribution in [2.75, 3.05) is 7.11 Å². The Morgan fingerprint density at radius 3 is 2.96 bits per heavy atom. The molecule has 0 unspecified atom stereocenters. The molecular weight excluding hydrogens is 296 g/mol. The Morgan fingerprint density at radius 1 is 1.48 bits per heavy atom. The third kappa shape index (κ3) is 2.83. The van der Waals surface area contributed by atoms with Crippen molar-refractivity contribution in [3.05, 3.63) is 42.0 Å². The van der Waals surface area contributed by atoms with Crippen molar-refractivity contribution in [3.63, 3.8) is 0 Å². The Balaban J connectivity index is 2.06. The largest absolute Gasteiger partial charge is 0.465 e. The number of aryl methyl sites for hydroxylation is 1. The summed E-state index contributed by atoms with van der Waals surface area (Å²) in [7, 11) is 1.35. The summed E-state index contributed by atoms with van der Waals surface area (Å²) in [6.45, 7) is 4.07. The molecule has 0 radical (unpaired) electrons. The summed E-state index contributed by atoms with van der Waals surface area (Å²) in [4.78, 5) is 11.8. The number of pyridine rings is 1. The first-order chi connectivity index (χ1) is 11.0. The molecule has 0 aromatic carbocycles. The van der Waals surface area contributed by atoms with Crippen LogP contribution in [0.2, 0.25) is 0 Å². The van der Waals surface area contributed by atoms with Crippen LogP contribution in [0, 0.1) is 6.92 Å². The van der Waals surface area contributed by atoms with E-state index in [1.165, 1.54) is 13.3 Å². The minimum absolute atomic E-state index is 0.418. The van der Waals surface area contributed by atoms with E-state index in [4.69, 9.17) is 4.74 Å². The van der Waals surface area contributed by atoms with Gasteiger partial charge in [-0.3, -0.25) is 4.68 Å². The zero-order valence-corrected chi connectivity index (χ0v) is 13.2. The first-order valence-corrected chi connectivity index (χ1v) is 7.28. The highest BCUT2D eigenvalue weighted by molar-refractivity contribution is 5.97. The van der Waals surface area contributed by atoms with E-state index in [0.717, 1.165) is 16.8 Å². The van der Waals surface area contributed by atoms with Crippen molar-refractivity contribution < 1.29 is 14.6 Å². The lowest BCUT2D eigenvalue weighted by Crippen LogP contribution is -2.11. The van der Waals surface area contributed by atoms with Crippen molar-refractivity contribution >= 4 is 11.5 Å². The first-order valence-electron chi connectivity index (χ1n) is 7.28. The number of fused-ring (bicyclic) bond motifs is 1. The van der Waals surface area contributed by atoms with Gasteiger partial charge in [-0.25, -0.2) is 9.31 Å². The molecule has 0 saturated heterocycles. The maximum atomic E-state index is 11.8. The summed E-state index contributed by atoms with van der Waals surface area (Å²) >= 11 is 0. The molecule has 3 rings (SSSR count). The monoisotopic (exact) mass is 314 g/mol. The molecular formula is C16H18N4O3. The van der Waals surface area contributed by atoms with Gasteiger partial charge in [-0.1, -0.05) is 0 Å². The van der Waals surface area contributed by atoms with E-state index in [1.807, 2.05) is 25.3 Å². The molecule has 3 aromatic rings. The van der Waals surface area contributed by atoms with Crippen LogP contribution in [0.5, 0.6) is 0 Å². The van der Waals surface area contributed by atoms with Crippen LogP contribution in [-0.2, 0) is 11.3 Å². The number of aliphatic hydroxyl groups excluding tert-OH is 1. The molecule has 1 N–H and O–H groups in total. The molecule has 0 aliphatic rings. The second-order valence-electron chi connectivity index (χ2n) is 5.49. The number of nitrogens with zero attached hydrogens (tertiary/aromatic N) is 4. The van der Waals surface area contributed by atoms with Gasteiger partial charge in [0.05, 0.1) is 37.2 Å². The van der Waals surface area contributed by atoms with Gasteiger partial charge in [0.25, 0.3) is 0 Å². The highest BCUT2D eigenvalue weighted by atomic mass is 16.5. The van der Waals surface area contributed by atoms with E-state index >= 15 is 0 Å². The van der Waals surface area contributed by atoms with Crippen molar-refractivity contribution in [1.29, 1.82) is 0 Å². The average Bonchev–Trinajstić information content (AvgIpc) is 3.08. The molecule has 7 heteroatoms. The molecule has 0 aliphatic carbocycles. The number of hydrogen-bond acceptors (Lipinski definition) is 5. The second-order valence-corrected chi connectivity index (χ2v) is 5.49. The maximum Gasteiger partial charge on any atom is 0.341 e. The van der Waals surface area contributed by atoms with Gasteiger partial charge in [0.1, 0.15) is 5.56 Å². The van der Waals surface area contributed by atoms with Gasteiger partial charge in [0.15, 0.2) is 0 Å². The molecule has 0 saturated carbocycles. The fraction of sp³-hybridized carbons (Fsp3) is 0.312. The third-order valence-electron chi connectivity index (χ3n) is 3.64. The van der Waals surface area contributed by atoms with E-state index in [2.05, 4.69) is 10.2 Å². The predicted octanol–water partition coefficient (Wildman–Crippen LogP) is 1.67. The molecule has 0 aliphatic heterocycles. The number of ether oxygens (including phenoxy) is 1. The summed E-state index contributed by atoms with van der Waals surface area (Å²) in [5.41, 5.74) is 3.83. The fourth-order valence-electron chi connectivity index (χ4n) is 2.58. The number of carbonyl (C=O) groups is 1. The number of aromatic nitrogens is 4. The Bertz CT molecular complexity index is 863. The highest BCUT2D eigenvalue weighted by Gasteiger charge is 2.15. The SMILES string of the molecule is COC(=O)c1cnn2ccc(-c3cn(C[C@@H](C)O)nc3C)cc12. The van der Waals surface area contributed by atoms with Crippen molar-refractivity contribution in [2.24, 2.45) is 0 Å². The van der Waals surface area contributed by atoms with E-state index in [9.17, 15) is 9.90 Å². The summed E-state index contributed by atoms with van der Waals surface area (Å²) in [5.74, 6) is -0.418. The van der Waals surface area contributed by atoms with Crippen LogP contribution >= 0.6 is 0 Å². The molecule has 0 fully saturated rings. The zero-order valence-electron chi connectivity index (χ0n) is 13.2. The highest BCUT2D eigenvalue weighted by Crippen LogP contribution is 2.25. The van der Waals surface area contributed by atoms with E-state index in [0.29, 0.717) is 17.6 Å². The summed E-state index contributed by atoms with van der Waals surface area (Å²) in [6.07, 6.45) is 4.71. The van der Waals surface area contributed by atoms with Crippen molar-refractivity contribution in [2.45, 2.75) is 26.5 Å². The van der Waals surface area contributed by atoms with Crippen LogP contribution < -0.4 is 0 Å². The molecule has 3 aromatic heterocycles. The third-order valence-corrected chi connectivity index (χ3v) is 3.64. The molecule has 1 atom stereocenters. The van der Waals surface area contributed by atoms with Gasteiger partial charge in [0, 0.05) is 18.0 Å². The Kier molecular flexibility index (Phi) is 3.87. The Morgan fingerprint density at radius 2 is 2.26 bits per heavy atom. The van der Waals surface area contributed by atoms with Crippen LogP contribution in [0.4, 0.5) is 0 Å².